The van der Waals surface area contributed by atoms with E-state index in [1.807, 2.05) is 19.9 Å². The largest absolute Gasteiger partial charge is 0.330 e. The smallest absolute Gasteiger partial charge is 0.0999 e. The molecule has 1 aliphatic rings. The highest BCUT2D eigenvalue weighted by Crippen LogP contribution is 2.19. The van der Waals surface area contributed by atoms with E-state index in [1.165, 1.54) is 5.57 Å². The van der Waals surface area contributed by atoms with Crippen LogP contribution < -0.4 is 5.73 Å². The molecule has 0 bridgehead atoms. The Balaban J connectivity index is 0.000000671. The molecule has 0 aromatic rings. The first kappa shape index (κ1) is 12.4. The van der Waals surface area contributed by atoms with E-state index in [0.29, 0.717) is 13.0 Å². The summed E-state index contributed by atoms with van der Waals surface area (Å²) in [6.07, 6.45) is 6.86. The van der Waals surface area contributed by atoms with Crippen molar-refractivity contribution in [3.63, 3.8) is 0 Å². The third-order valence-corrected chi connectivity index (χ3v) is 1.88. The summed E-state index contributed by atoms with van der Waals surface area (Å²) in [6, 6.07) is 0. The maximum absolute atomic E-state index is 12.6. The highest BCUT2D eigenvalue weighted by Gasteiger charge is 2.02. The van der Waals surface area contributed by atoms with Gasteiger partial charge in [0.2, 0.25) is 0 Å². The zero-order chi connectivity index (χ0) is 10.1. The zero-order valence-electron chi connectivity index (χ0n) is 8.65. The molecule has 0 spiro atoms. The number of halogens is 1. The van der Waals surface area contributed by atoms with Crippen molar-refractivity contribution in [3.05, 3.63) is 23.6 Å². The molecule has 76 valence electrons. The van der Waals surface area contributed by atoms with Gasteiger partial charge in [-0.25, -0.2) is 4.39 Å². The van der Waals surface area contributed by atoms with Crippen LogP contribution >= 0.6 is 0 Å². The Labute approximate surface area is 80.5 Å². The maximum Gasteiger partial charge on any atom is 0.0999 e. The van der Waals surface area contributed by atoms with Gasteiger partial charge in [0.1, 0.15) is 0 Å². The van der Waals surface area contributed by atoms with Gasteiger partial charge in [-0.15, -0.1) is 0 Å². The van der Waals surface area contributed by atoms with E-state index in [2.05, 4.69) is 0 Å². The second kappa shape index (κ2) is 7.99. The van der Waals surface area contributed by atoms with Gasteiger partial charge in [-0.2, -0.15) is 0 Å². The van der Waals surface area contributed by atoms with E-state index in [9.17, 15) is 4.39 Å². The molecule has 1 rings (SSSR count). The predicted octanol–water partition coefficient (Wildman–Crippen LogP) is 3.33. The van der Waals surface area contributed by atoms with E-state index in [4.69, 9.17) is 5.73 Å². The van der Waals surface area contributed by atoms with Crippen molar-refractivity contribution >= 4 is 0 Å². The Morgan fingerprint density at radius 3 is 2.62 bits per heavy atom. The third kappa shape index (κ3) is 5.58. The number of hydrogen-bond donors (Lipinski definition) is 1. The minimum absolute atomic E-state index is 0.00276. The van der Waals surface area contributed by atoms with Crippen LogP contribution in [0, 0.1) is 0 Å². The quantitative estimate of drug-likeness (QED) is 0.701. The minimum atomic E-state index is -0.00276. The molecule has 2 N–H and O–H groups in total. The topological polar surface area (TPSA) is 26.0 Å². The molecule has 1 nitrogen and oxygen atoms in total. The van der Waals surface area contributed by atoms with Crippen molar-refractivity contribution in [1.29, 1.82) is 0 Å². The molecule has 0 saturated heterocycles. The molecule has 0 aromatic heterocycles. The third-order valence-electron chi connectivity index (χ3n) is 1.88. The van der Waals surface area contributed by atoms with Gasteiger partial charge in [-0.1, -0.05) is 25.5 Å². The van der Waals surface area contributed by atoms with Gasteiger partial charge in [0.15, 0.2) is 0 Å². The molecule has 0 aromatic carbocycles. The fourth-order valence-electron chi connectivity index (χ4n) is 1.25. The molecule has 0 radical (unpaired) electrons. The lowest BCUT2D eigenvalue weighted by Crippen LogP contribution is -1.99. The van der Waals surface area contributed by atoms with Gasteiger partial charge < -0.3 is 5.73 Å². The Hall–Kier alpha value is -0.630. The fourth-order valence-corrected chi connectivity index (χ4v) is 1.25. The molecule has 0 aliphatic heterocycles. The van der Waals surface area contributed by atoms with Crippen LogP contribution in [0.15, 0.2) is 23.6 Å². The number of allylic oxidation sites excluding steroid dienone is 3. The van der Waals surface area contributed by atoms with E-state index < -0.39 is 0 Å². The van der Waals surface area contributed by atoms with Crippen LogP contribution in [0.5, 0.6) is 0 Å². The average Bonchev–Trinajstić information content (AvgIpc) is 2.36. The molecule has 0 heterocycles. The molecule has 13 heavy (non-hydrogen) atoms. The fraction of sp³-hybridized carbons (Fsp3) is 0.636. The predicted molar refractivity (Wildman–Crippen MR) is 56.1 cm³/mol. The average molecular weight is 185 g/mol. The summed E-state index contributed by atoms with van der Waals surface area (Å²) in [7, 11) is 0. The van der Waals surface area contributed by atoms with E-state index in [1.54, 1.807) is 6.08 Å². The molecular formula is C11H20FN. The van der Waals surface area contributed by atoms with Crippen molar-refractivity contribution in [2.75, 3.05) is 6.54 Å². The summed E-state index contributed by atoms with van der Waals surface area (Å²) < 4.78 is 12.6. The van der Waals surface area contributed by atoms with Gasteiger partial charge in [-0.05, 0) is 38.3 Å². The number of hydrogen-bond acceptors (Lipinski definition) is 1. The summed E-state index contributed by atoms with van der Waals surface area (Å²) in [5.74, 6) is -0.00276. The van der Waals surface area contributed by atoms with Crippen LogP contribution in [-0.2, 0) is 0 Å². The van der Waals surface area contributed by atoms with Gasteiger partial charge in [0.25, 0.3) is 0 Å². The summed E-state index contributed by atoms with van der Waals surface area (Å²) >= 11 is 0. The first-order valence-corrected chi connectivity index (χ1v) is 5.07. The second-order valence-corrected chi connectivity index (χ2v) is 2.83. The molecular weight excluding hydrogens is 165 g/mol. The molecule has 0 amide bonds. The highest BCUT2D eigenvalue weighted by molar-refractivity contribution is 5.17. The Morgan fingerprint density at radius 1 is 1.31 bits per heavy atom. The summed E-state index contributed by atoms with van der Waals surface area (Å²) in [5, 5.41) is 0. The van der Waals surface area contributed by atoms with Crippen LogP contribution in [0.4, 0.5) is 4.39 Å². The van der Waals surface area contributed by atoms with Gasteiger partial charge >= 0.3 is 0 Å². The van der Waals surface area contributed by atoms with Crippen molar-refractivity contribution in [2.24, 2.45) is 5.73 Å². The van der Waals surface area contributed by atoms with Crippen LogP contribution in [-0.4, -0.2) is 6.54 Å². The van der Waals surface area contributed by atoms with Crippen LogP contribution in [0.25, 0.3) is 0 Å². The normalized spacial score (nSPS) is 16.3. The van der Waals surface area contributed by atoms with E-state index in [-0.39, 0.29) is 5.83 Å². The lowest BCUT2D eigenvalue weighted by molar-refractivity contribution is 0.576. The first-order chi connectivity index (χ1) is 6.33. The van der Waals surface area contributed by atoms with Crippen LogP contribution in [0.1, 0.15) is 39.5 Å². The lowest BCUT2D eigenvalue weighted by Gasteiger charge is -2.00. The molecule has 0 unspecified atom stereocenters. The highest BCUT2D eigenvalue weighted by atomic mass is 19.1. The Bertz CT molecular complexity index is 179. The van der Waals surface area contributed by atoms with Gasteiger partial charge in [0, 0.05) is 0 Å². The van der Waals surface area contributed by atoms with E-state index in [0.717, 1.165) is 19.3 Å². The summed E-state index contributed by atoms with van der Waals surface area (Å²) in [6.45, 7) is 4.67. The zero-order valence-corrected chi connectivity index (χ0v) is 8.65. The molecule has 1 aliphatic carbocycles. The van der Waals surface area contributed by atoms with Crippen LogP contribution in [0.2, 0.25) is 0 Å². The number of nitrogens with two attached hydrogens (primary N) is 1. The first-order valence-electron chi connectivity index (χ1n) is 5.07. The van der Waals surface area contributed by atoms with Crippen molar-refractivity contribution < 1.29 is 4.39 Å². The number of rotatable bonds is 2. The summed E-state index contributed by atoms with van der Waals surface area (Å²) in [5.41, 5.74) is 6.67. The Morgan fingerprint density at radius 2 is 2.00 bits per heavy atom. The summed E-state index contributed by atoms with van der Waals surface area (Å²) in [4.78, 5) is 0. The molecule has 0 saturated carbocycles. The van der Waals surface area contributed by atoms with Gasteiger partial charge in [0.05, 0.1) is 5.83 Å². The van der Waals surface area contributed by atoms with Crippen molar-refractivity contribution in [1.82, 2.24) is 0 Å². The van der Waals surface area contributed by atoms with E-state index >= 15 is 0 Å². The minimum Gasteiger partial charge on any atom is -0.330 e. The molecule has 0 atom stereocenters. The molecule has 0 fully saturated rings. The van der Waals surface area contributed by atoms with Crippen molar-refractivity contribution in [3.8, 4) is 0 Å². The molecule has 2 heteroatoms. The lowest BCUT2D eigenvalue weighted by atomic mass is 10.1. The van der Waals surface area contributed by atoms with Gasteiger partial charge in [-0.3, -0.25) is 0 Å². The Kier molecular flexibility index (Phi) is 7.60. The maximum atomic E-state index is 12.6. The van der Waals surface area contributed by atoms with Crippen molar-refractivity contribution in [2.45, 2.75) is 39.5 Å². The SMILES string of the molecule is CC.NCCC1=CC=C(F)CCC1. The monoisotopic (exact) mass is 185 g/mol. The second-order valence-electron chi connectivity index (χ2n) is 2.83. The standard InChI is InChI=1S/C9H14FN.C2H6/c10-9-3-1-2-8(4-5-9)6-7-11;1-2/h4-5H,1-3,6-7,11H2;1-2H3. The van der Waals surface area contributed by atoms with Crippen LogP contribution in [0.3, 0.4) is 0 Å².